The topological polar surface area (TPSA) is 86.5 Å². The van der Waals surface area contributed by atoms with Crippen LogP contribution in [0.25, 0.3) is 0 Å². The Bertz CT molecular complexity index is 737. The van der Waals surface area contributed by atoms with Crippen molar-refractivity contribution in [2.45, 2.75) is 24.8 Å². The number of nitrogens with one attached hydrogen (secondary N) is 1. The molecule has 1 aromatic carbocycles. The Labute approximate surface area is 131 Å². The number of carbonyl (C=O) groups is 1. The lowest BCUT2D eigenvalue weighted by Crippen LogP contribution is -2.39. The fourth-order valence-electron chi connectivity index (χ4n) is 3.17. The lowest BCUT2D eigenvalue weighted by atomic mass is 9.85. The lowest BCUT2D eigenvalue weighted by Gasteiger charge is -2.38. The zero-order valence-corrected chi connectivity index (χ0v) is 12.4. The fraction of sp³-hybridized carbons (Fsp3) is 0.375. The molecule has 1 aliphatic rings. The van der Waals surface area contributed by atoms with E-state index in [1.807, 2.05) is 4.90 Å². The van der Waals surface area contributed by atoms with Gasteiger partial charge in [0.1, 0.15) is 11.6 Å². The standard InChI is InChI=1S/C16H17FN2O4/c17-12-3-1-10(2-4-12)13-7-11(14-8-15(20)18-23-14)5-6-19(13)9-16(21)22/h1-4,8,11,13H,5-7,9H2,(H,18,20)(H,21,22). The van der Waals surface area contributed by atoms with Gasteiger partial charge in [0.15, 0.2) is 0 Å². The van der Waals surface area contributed by atoms with Crippen LogP contribution >= 0.6 is 0 Å². The van der Waals surface area contributed by atoms with Gasteiger partial charge in [-0.15, -0.1) is 0 Å². The summed E-state index contributed by atoms with van der Waals surface area (Å²) in [6, 6.07) is 7.35. The number of rotatable bonds is 4. The summed E-state index contributed by atoms with van der Waals surface area (Å²) in [7, 11) is 0. The van der Waals surface area contributed by atoms with Gasteiger partial charge in [-0.2, -0.15) is 5.16 Å². The molecular weight excluding hydrogens is 303 g/mol. The summed E-state index contributed by atoms with van der Waals surface area (Å²) in [5.41, 5.74) is 0.571. The third kappa shape index (κ3) is 3.50. The van der Waals surface area contributed by atoms with Crippen LogP contribution < -0.4 is 5.56 Å². The molecule has 0 bridgehead atoms. The van der Waals surface area contributed by atoms with Gasteiger partial charge in [-0.3, -0.25) is 14.5 Å². The number of halogens is 1. The smallest absolute Gasteiger partial charge is 0.317 e. The molecule has 7 heteroatoms. The first-order valence-corrected chi connectivity index (χ1v) is 7.42. The molecule has 1 fully saturated rings. The molecule has 2 atom stereocenters. The van der Waals surface area contributed by atoms with Crippen LogP contribution in [0, 0.1) is 5.82 Å². The Kier molecular flexibility index (Phi) is 4.29. The van der Waals surface area contributed by atoms with Gasteiger partial charge in [0.2, 0.25) is 0 Å². The predicted molar refractivity (Wildman–Crippen MR) is 79.7 cm³/mol. The van der Waals surface area contributed by atoms with Crippen molar-refractivity contribution in [3.8, 4) is 0 Å². The highest BCUT2D eigenvalue weighted by Gasteiger charge is 2.33. The highest BCUT2D eigenvalue weighted by molar-refractivity contribution is 5.69. The summed E-state index contributed by atoms with van der Waals surface area (Å²) in [5, 5.41) is 11.4. The Balaban J connectivity index is 1.86. The molecule has 1 aromatic heterocycles. The van der Waals surface area contributed by atoms with Gasteiger partial charge in [0.05, 0.1) is 6.54 Å². The van der Waals surface area contributed by atoms with Crippen LogP contribution in [0.15, 0.2) is 39.6 Å². The van der Waals surface area contributed by atoms with Crippen LogP contribution in [0.3, 0.4) is 0 Å². The highest BCUT2D eigenvalue weighted by atomic mass is 19.1. The molecule has 3 rings (SSSR count). The van der Waals surface area contributed by atoms with Gasteiger partial charge < -0.3 is 9.63 Å². The molecule has 2 N–H and O–H groups in total. The summed E-state index contributed by atoms with van der Waals surface area (Å²) < 4.78 is 18.3. The van der Waals surface area contributed by atoms with E-state index in [-0.39, 0.29) is 29.9 Å². The molecule has 23 heavy (non-hydrogen) atoms. The van der Waals surface area contributed by atoms with E-state index in [0.29, 0.717) is 25.1 Å². The zero-order valence-electron chi connectivity index (χ0n) is 12.4. The molecule has 0 spiro atoms. The van der Waals surface area contributed by atoms with Crippen molar-refractivity contribution in [1.29, 1.82) is 0 Å². The van der Waals surface area contributed by atoms with E-state index in [1.54, 1.807) is 12.1 Å². The lowest BCUT2D eigenvalue weighted by molar-refractivity contribution is -0.139. The molecule has 1 saturated heterocycles. The van der Waals surface area contributed by atoms with Crippen LogP contribution in [0.1, 0.15) is 36.1 Å². The first-order valence-electron chi connectivity index (χ1n) is 7.42. The van der Waals surface area contributed by atoms with E-state index >= 15 is 0 Å². The summed E-state index contributed by atoms with van der Waals surface area (Å²) in [6.45, 7) is 0.486. The van der Waals surface area contributed by atoms with Crippen molar-refractivity contribution < 1.29 is 18.8 Å². The van der Waals surface area contributed by atoms with Gasteiger partial charge in [0.25, 0.3) is 5.56 Å². The second-order valence-corrected chi connectivity index (χ2v) is 5.77. The third-order valence-electron chi connectivity index (χ3n) is 4.25. The number of H-pyrrole nitrogens is 1. The molecule has 2 heterocycles. The minimum atomic E-state index is -0.899. The van der Waals surface area contributed by atoms with Crippen molar-refractivity contribution in [1.82, 2.24) is 10.1 Å². The van der Waals surface area contributed by atoms with E-state index < -0.39 is 5.97 Å². The number of nitrogens with zero attached hydrogens (tertiary/aromatic N) is 1. The number of carboxylic acids is 1. The normalized spacial score (nSPS) is 22.1. The quantitative estimate of drug-likeness (QED) is 0.901. The maximum Gasteiger partial charge on any atom is 0.317 e. The molecule has 2 unspecified atom stereocenters. The summed E-state index contributed by atoms with van der Waals surface area (Å²) >= 11 is 0. The maximum atomic E-state index is 13.1. The van der Waals surface area contributed by atoms with Gasteiger partial charge >= 0.3 is 5.97 Å². The van der Waals surface area contributed by atoms with Crippen LogP contribution in [0.5, 0.6) is 0 Å². The largest absolute Gasteiger partial charge is 0.480 e. The molecule has 0 radical (unpaired) electrons. The fourth-order valence-corrected chi connectivity index (χ4v) is 3.17. The van der Waals surface area contributed by atoms with E-state index in [1.165, 1.54) is 18.2 Å². The molecule has 6 nitrogen and oxygen atoms in total. The van der Waals surface area contributed by atoms with Gasteiger partial charge in [-0.25, -0.2) is 4.39 Å². The first kappa shape index (κ1) is 15.5. The monoisotopic (exact) mass is 320 g/mol. The molecule has 1 aliphatic heterocycles. The Morgan fingerprint density at radius 2 is 2.13 bits per heavy atom. The summed E-state index contributed by atoms with van der Waals surface area (Å²) in [4.78, 5) is 24.2. The highest BCUT2D eigenvalue weighted by Crippen LogP contribution is 2.38. The maximum absolute atomic E-state index is 13.1. The molecule has 0 amide bonds. The number of aliphatic carboxylic acids is 1. The van der Waals surface area contributed by atoms with Crippen molar-refractivity contribution in [3.63, 3.8) is 0 Å². The van der Waals surface area contributed by atoms with Crippen LogP contribution in [0.2, 0.25) is 0 Å². The van der Waals surface area contributed by atoms with Crippen molar-refractivity contribution in [2.24, 2.45) is 0 Å². The Morgan fingerprint density at radius 1 is 1.39 bits per heavy atom. The van der Waals surface area contributed by atoms with Crippen LogP contribution in [0.4, 0.5) is 4.39 Å². The van der Waals surface area contributed by atoms with Gasteiger partial charge in [-0.1, -0.05) is 12.1 Å². The predicted octanol–water partition coefficient (Wildman–Crippen LogP) is 2.11. The Hall–Kier alpha value is -2.41. The number of aromatic nitrogens is 1. The number of hydrogen-bond acceptors (Lipinski definition) is 4. The van der Waals surface area contributed by atoms with E-state index in [2.05, 4.69) is 5.16 Å². The van der Waals surface area contributed by atoms with Crippen LogP contribution in [-0.2, 0) is 4.79 Å². The summed E-state index contributed by atoms with van der Waals surface area (Å²) in [5.74, 6) is -0.627. The number of aromatic amines is 1. The van der Waals surface area contributed by atoms with E-state index in [9.17, 15) is 14.0 Å². The average molecular weight is 320 g/mol. The number of piperidine rings is 1. The number of likely N-dealkylation sites (tertiary alicyclic amines) is 1. The second kappa shape index (κ2) is 6.37. The molecule has 0 saturated carbocycles. The van der Waals surface area contributed by atoms with Crippen molar-refractivity contribution in [3.05, 3.63) is 57.8 Å². The minimum Gasteiger partial charge on any atom is -0.480 e. The van der Waals surface area contributed by atoms with Gasteiger partial charge in [-0.05, 0) is 30.5 Å². The van der Waals surface area contributed by atoms with Crippen molar-refractivity contribution >= 4 is 5.97 Å². The molecule has 122 valence electrons. The molecular formula is C16H17FN2O4. The Morgan fingerprint density at radius 3 is 2.74 bits per heavy atom. The zero-order chi connectivity index (χ0) is 16.4. The average Bonchev–Trinajstić information content (AvgIpc) is 2.95. The van der Waals surface area contributed by atoms with E-state index in [4.69, 9.17) is 9.63 Å². The third-order valence-corrected chi connectivity index (χ3v) is 4.25. The summed E-state index contributed by atoms with van der Waals surface area (Å²) in [6.07, 6.45) is 1.31. The minimum absolute atomic E-state index is 0.0223. The van der Waals surface area contributed by atoms with Crippen molar-refractivity contribution in [2.75, 3.05) is 13.1 Å². The number of benzene rings is 1. The van der Waals surface area contributed by atoms with E-state index in [0.717, 1.165) is 5.56 Å². The number of carboxylic acid groups (broad SMARTS) is 1. The second-order valence-electron chi connectivity index (χ2n) is 5.77. The number of hydrogen-bond donors (Lipinski definition) is 2. The molecule has 2 aromatic rings. The molecule has 0 aliphatic carbocycles. The van der Waals surface area contributed by atoms with Crippen LogP contribution in [-0.4, -0.2) is 34.2 Å². The first-order chi connectivity index (χ1) is 11.0. The SMILES string of the molecule is O=C(O)CN1CCC(c2cc(=O)[nH]o2)CC1c1ccc(F)cc1. The van der Waals surface area contributed by atoms with Gasteiger partial charge in [0, 0.05) is 24.6 Å².